The predicted octanol–water partition coefficient (Wildman–Crippen LogP) is 1.55. The van der Waals surface area contributed by atoms with Crippen molar-refractivity contribution >= 4 is 5.91 Å². The van der Waals surface area contributed by atoms with Crippen LogP contribution in [0.1, 0.15) is 39.5 Å². The number of carbonyl (C=O) groups is 1. The van der Waals surface area contributed by atoms with Crippen molar-refractivity contribution in [2.45, 2.75) is 39.5 Å². The Kier molecular flexibility index (Phi) is 4.95. The molecule has 0 radical (unpaired) electrons. The number of hydrogen-bond acceptors (Lipinski definition) is 3. The Labute approximate surface area is 103 Å². The minimum absolute atomic E-state index is 0.0227. The van der Waals surface area contributed by atoms with E-state index in [9.17, 15) is 10.1 Å². The zero-order valence-corrected chi connectivity index (χ0v) is 10.8. The van der Waals surface area contributed by atoms with Gasteiger partial charge >= 0.3 is 0 Å². The lowest BCUT2D eigenvalue weighted by molar-refractivity contribution is -0.138. The first-order valence-electron chi connectivity index (χ1n) is 6.45. The van der Waals surface area contributed by atoms with E-state index in [4.69, 9.17) is 5.11 Å². The molecule has 1 aliphatic heterocycles. The molecule has 1 fully saturated rings. The minimum atomic E-state index is -0.839. The molecule has 96 valence electrons. The molecule has 4 heteroatoms. The first-order chi connectivity index (χ1) is 8.13. The summed E-state index contributed by atoms with van der Waals surface area (Å²) in [6.45, 7) is 5.39. The number of aliphatic hydroxyl groups excluding tert-OH is 1. The fraction of sp³-hybridized carbons (Fsp3) is 0.846. The van der Waals surface area contributed by atoms with E-state index in [1.807, 2.05) is 13.8 Å². The average Bonchev–Trinajstić information content (AvgIpc) is 2.81. The van der Waals surface area contributed by atoms with E-state index >= 15 is 0 Å². The third kappa shape index (κ3) is 2.78. The van der Waals surface area contributed by atoms with E-state index in [0.717, 1.165) is 19.4 Å². The standard InChI is InChI=1S/C13H22N2O2/c1-3-13(4-2,10-14)12(17)15-7-5-11(9-15)6-8-16/h11,16H,3-9H2,1-2H3. The molecule has 1 atom stereocenters. The molecule has 1 heterocycles. The molecule has 1 unspecified atom stereocenters. The third-order valence-corrected chi connectivity index (χ3v) is 3.94. The molecule has 1 rings (SSSR count). The van der Waals surface area contributed by atoms with Crippen LogP contribution < -0.4 is 0 Å². The van der Waals surface area contributed by atoms with Gasteiger partial charge in [-0.25, -0.2) is 0 Å². The van der Waals surface area contributed by atoms with Crippen LogP contribution in [0.15, 0.2) is 0 Å². The zero-order chi connectivity index (χ0) is 12.9. The van der Waals surface area contributed by atoms with Crippen LogP contribution in [0.2, 0.25) is 0 Å². The summed E-state index contributed by atoms with van der Waals surface area (Å²) in [5.41, 5.74) is -0.839. The van der Waals surface area contributed by atoms with E-state index in [2.05, 4.69) is 6.07 Å². The maximum atomic E-state index is 12.4. The van der Waals surface area contributed by atoms with Gasteiger partial charge in [0.1, 0.15) is 5.41 Å². The highest BCUT2D eigenvalue weighted by Crippen LogP contribution is 2.31. The monoisotopic (exact) mass is 238 g/mol. The van der Waals surface area contributed by atoms with Crippen molar-refractivity contribution in [2.24, 2.45) is 11.3 Å². The second kappa shape index (κ2) is 6.02. The molecular formula is C13H22N2O2. The Hall–Kier alpha value is -1.08. The number of hydrogen-bond donors (Lipinski definition) is 1. The van der Waals surface area contributed by atoms with Crippen LogP contribution in [0, 0.1) is 22.7 Å². The summed E-state index contributed by atoms with van der Waals surface area (Å²) in [5, 5.41) is 18.1. The van der Waals surface area contributed by atoms with Crippen LogP contribution in [0.25, 0.3) is 0 Å². The smallest absolute Gasteiger partial charge is 0.243 e. The summed E-state index contributed by atoms with van der Waals surface area (Å²) in [5.74, 6) is 0.375. The molecule has 0 aromatic rings. The summed E-state index contributed by atoms with van der Waals surface area (Å²) < 4.78 is 0. The molecule has 0 aliphatic carbocycles. The molecule has 4 nitrogen and oxygen atoms in total. The minimum Gasteiger partial charge on any atom is -0.396 e. The Morgan fingerprint density at radius 2 is 2.18 bits per heavy atom. The van der Waals surface area contributed by atoms with E-state index in [-0.39, 0.29) is 12.5 Å². The lowest BCUT2D eigenvalue weighted by Gasteiger charge is -2.28. The Balaban J connectivity index is 2.68. The Morgan fingerprint density at radius 3 is 2.65 bits per heavy atom. The molecule has 0 aromatic heterocycles. The first kappa shape index (κ1) is 14.0. The first-order valence-corrected chi connectivity index (χ1v) is 6.45. The van der Waals surface area contributed by atoms with Crippen molar-refractivity contribution in [2.75, 3.05) is 19.7 Å². The van der Waals surface area contributed by atoms with Gasteiger partial charge in [-0.3, -0.25) is 4.79 Å². The van der Waals surface area contributed by atoms with E-state index in [1.165, 1.54) is 0 Å². The Bertz CT molecular complexity index is 305. The summed E-state index contributed by atoms with van der Waals surface area (Å²) >= 11 is 0. The SMILES string of the molecule is CCC(C#N)(CC)C(=O)N1CCC(CCO)C1. The van der Waals surface area contributed by atoms with Gasteiger partial charge in [-0.2, -0.15) is 5.26 Å². The van der Waals surface area contributed by atoms with E-state index in [1.54, 1.807) is 4.90 Å². The van der Waals surface area contributed by atoms with Crippen LogP contribution in [0.4, 0.5) is 0 Å². The number of aliphatic hydroxyl groups is 1. The molecule has 0 aromatic carbocycles. The van der Waals surface area contributed by atoms with Crippen LogP contribution in [0.5, 0.6) is 0 Å². The molecular weight excluding hydrogens is 216 g/mol. The summed E-state index contributed by atoms with van der Waals surface area (Å²) in [6.07, 6.45) is 2.84. The van der Waals surface area contributed by atoms with Crippen LogP contribution in [0.3, 0.4) is 0 Å². The lowest BCUT2D eigenvalue weighted by atomic mass is 9.82. The van der Waals surface area contributed by atoms with Crippen molar-refractivity contribution in [3.8, 4) is 6.07 Å². The van der Waals surface area contributed by atoms with E-state index in [0.29, 0.717) is 25.3 Å². The van der Waals surface area contributed by atoms with Gasteiger partial charge in [-0.05, 0) is 31.6 Å². The van der Waals surface area contributed by atoms with Gasteiger partial charge in [0, 0.05) is 19.7 Å². The van der Waals surface area contributed by atoms with Gasteiger partial charge in [0.05, 0.1) is 6.07 Å². The highest BCUT2D eigenvalue weighted by Gasteiger charge is 2.40. The van der Waals surface area contributed by atoms with Crippen molar-refractivity contribution in [3.63, 3.8) is 0 Å². The number of nitriles is 1. The number of nitrogens with zero attached hydrogens (tertiary/aromatic N) is 2. The largest absolute Gasteiger partial charge is 0.396 e. The van der Waals surface area contributed by atoms with Crippen molar-refractivity contribution in [3.05, 3.63) is 0 Å². The molecule has 1 aliphatic rings. The average molecular weight is 238 g/mol. The van der Waals surface area contributed by atoms with Gasteiger partial charge in [-0.1, -0.05) is 13.8 Å². The summed E-state index contributed by atoms with van der Waals surface area (Å²) in [6, 6.07) is 2.20. The summed E-state index contributed by atoms with van der Waals surface area (Å²) in [4.78, 5) is 14.2. The maximum Gasteiger partial charge on any atom is 0.243 e. The molecule has 0 saturated carbocycles. The van der Waals surface area contributed by atoms with Gasteiger partial charge in [0.15, 0.2) is 0 Å². The van der Waals surface area contributed by atoms with Crippen LogP contribution in [-0.4, -0.2) is 35.6 Å². The van der Waals surface area contributed by atoms with Crippen LogP contribution >= 0.6 is 0 Å². The number of rotatable bonds is 5. The topological polar surface area (TPSA) is 64.3 Å². The van der Waals surface area contributed by atoms with Gasteiger partial charge in [0.25, 0.3) is 0 Å². The summed E-state index contributed by atoms with van der Waals surface area (Å²) in [7, 11) is 0. The van der Waals surface area contributed by atoms with Crippen LogP contribution in [-0.2, 0) is 4.79 Å². The predicted molar refractivity (Wildman–Crippen MR) is 65.0 cm³/mol. The number of amides is 1. The second-order valence-corrected chi connectivity index (χ2v) is 4.82. The third-order valence-electron chi connectivity index (χ3n) is 3.94. The highest BCUT2D eigenvalue weighted by molar-refractivity contribution is 5.85. The maximum absolute atomic E-state index is 12.4. The highest BCUT2D eigenvalue weighted by atomic mass is 16.3. The second-order valence-electron chi connectivity index (χ2n) is 4.82. The van der Waals surface area contributed by atoms with Gasteiger partial charge in [0.2, 0.25) is 5.91 Å². The molecule has 0 spiro atoms. The Morgan fingerprint density at radius 1 is 1.53 bits per heavy atom. The van der Waals surface area contributed by atoms with Crippen molar-refractivity contribution in [1.82, 2.24) is 4.90 Å². The van der Waals surface area contributed by atoms with Crippen molar-refractivity contribution in [1.29, 1.82) is 5.26 Å². The fourth-order valence-corrected chi connectivity index (χ4v) is 2.50. The molecule has 1 amide bonds. The lowest BCUT2D eigenvalue weighted by Crippen LogP contribution is -2.41. The number of carbonyl (C=O) groups excluding carboxylic acids is 1. The zero-order valence-electron chi connectivity index (χ0n) is 10.8. The molecule has 1 N–H and O–H groups in total. The molecule has 0 bridgehead atoms. The molecule has 1 saturated heterocycles. The van der Waals surface area contributed by atoms with Crippen molar-refractivity contribution < 1.29 is 9.90 Å². The fourth-order valence-electron chi connectivity index (χ4n) is 2.50. The van der Waals surface area contributed by atoms with Gasteiger partial charge < -0.3 is 10.0 Å². The normalized spacial score (nSPS) is 20.4. The number of likely N-dealkylation sites (tertiary alicyclic amines) is 1. The quantitative estimate of drug-likeness (QED) is 0.790. The van der Waals surface area contributed by atoms with Gasteiger partial charge in [-0.15, -0.1) is 0 Å². The van der Waals surface area contributed by atoms with E-state index < -0.39 is 5.41 Å². The molecule has 17 heavy (non-hydrogen) atoms.